The summed E-state index contributed by atoms with van der Waals surface area (Å²) in [6, 6.07) is 5.96. The van der Waals surface area contributed by atoms with Gasteiger partial charge in [-0.15, -0.1) is 11.3 Å². The monoisotopic (exact) mass is 193 g/mol. The number of aliphatic hydroxyl groups is 1. The van der Waals surface area contributed by atoms with E-state index in [2.05, 4.69) is 13.0 Å². The van der Waals surface area contributed by atoms with Crippen molar-refractivity contribution in [1.82, 2.24) is 0 Å². The molecule has 2 nitrogen and oxygen atoms in total. The summed E-state index contributed by atoms with van der Waals surface area (Å²) in [5, 5.41) is 10.1. The maximum atomic E-state index is 9.01. The van der Waals surface area contributed by atoms with E-state index in [4.69, 9.17) is 10.8 Å². The van der Waals surface area contributed by atoms with Crippen LogP contribution in [0.1, 0.15) is 10.4 Å². The van der Waals surface area contributed by atoms with E-state index < -0.39 is 0 Å². The van der Waals surface area contributed by atoms with Gasteiger partial charge in [0, 0.05) is 26.2 Å². The fourth-order valence-corrected chi connectivity index (χ4v) is 2.38. The number of fused-ring (bicyclic) bond motifs is 1. The van der Waals surface area contributed by atoms with Crippen molar-refractivity contribution in [2.75, 3.05) is 5.73 Å². The summed E-state index contributed by atoms with van der Waals surface area (Å²) < 4.78 is 1.19. The summed E-state index contributed by atoms with van der Waals surface area (Å²) in [6.45, 7) is 2.07. The van der Waals surface area contributed by atoms with Crippen LogP contribution in [-0.2, 0) is 6.61 Å². The minimum absolute atomic E-state index is 0.0106. The molecule has 68 valence electrons. The lowest BCUT2D eigenvalue weighted by Crippen LogP contribution is -1.93. The predicted molar refractivity (Wildman–Crippen MR) is 56.9 cm³/mol. The molecular formula is C10H11NOS. The second kappa shape index (κ2) is 3.01. The van der Waals surface area contributed by atoms with Crippen LogP contribution in [0.25, 0.3) is 10.1 Å². The number of hydrogen-bond donors (Lipinski definition) is 2. The number of nitrogen functional groups attached to an aromatic ring is 1. The van der Waals surface area contributed by atoms with E-state index in [1.807, 2.05) is 12.1 Å². The van der Waals surface area contributed by atoms with Gasteiger partial charge < -0.3 is 10.8 Å². The van der Waals surface area contributed by atoms with Crippen molar-refractivity contribution >= 4 is 27.1 Å². The maximum absolute atomic E-state index is 9.01. The minimum Gasteiger partial charge on any atom is -0.398 e. The molecule has 1 heterocycles. The van der Waals surface area contributed by atoms with Gasteiger partial charge in [0.25, 0.3) is 0 Å². The summed E-state index contributed by atoms with van der Waals surface area (Å²) in [7, 11) is 0. The third kappa shape index (κ3) is 1.30. The molecule has 3 heteroatoms. The highest BCUT2D eigenvalue weighted by Crippen LogP contribution is 2.31. The first-order chi connectivity index (χ1) is 6.22. The summed E-state index contributed by atoms with van der Waals surface area (Å²) in [6.07, 6.45) is 0. The Balaban J connectivity index is 2.78. The first kappa shape index (κ1) is 8.53. The van der Waals surface area contributed by atoms with Gasteiger partial charge in [-0.3, -0.25) is 0 Å². The first-order valence-corrected chi connectivity index (χ1v) is 4.92. The quantitative estimate of drug-likeness (QED) is 0.682. The third-order valence-electron chi connectivity index (χ3n) is 2.13. The molecule has 0 fully saturated rings. The van der Waals surface area contributed by atoms with Gasteiger partial charge in [-0.25, -0.2) is 0 Å². The van der Waals surface area contributed by atoms with Crippen molar-refractivity contribution in [3.63, 3.8) is 0 Å². The number of anilines is 1. The van der Waals surface area contributed by atoms with Crippen LogP contribution >= 0.6 is 11.3 Å². The van der Waals surface area contributed by atoms with Crippen molar-refractivity contribution in [3.8, 4) is 0 Å². The molecule has 0 atom stereocenters. The largest absolute Gasteiger partial charge is 0.398 e. The standard InChI is InChI=1S/C10H11NOS/c1-6-4-8-9(13-6)3-2-7(5-12)10(8)11/h2-4,12H,5,11H2,1H3. The molecule has 0 radical (unpaired) electrons. The molecular weight excluding hydrogens is 182 g/mol. The molecule has 1 aromatic carbocycles. The van der Waals surface area contributed by atoms with Gasteiger partial charge in [0.2, 0.25) is 0 Å². The number of hydrogen-bond acceptors (Lipinski definition) is 3. The lowest BCUT2D eigenvalue weighted by Gasteiger charge is -2.02. The molecule has 0 amide bonds. The lowest BCUT2D eigenvalue weighted by molar-refractivity contribution is 0.282. The Morgan fingerprint density at radius 3 is 2.92 bits per heavy atom. The van der Waals surface area contributed by atoms with Crippen LogP contribution in [0.4, 0.5) is 5.69 Å². The van der Waals surface area contributed by atoms with E-state index in [-0.39, 0.29) is 6.61 Å². The van der Waals surface area contributed by atoms with E-state index in [1.54, 1.807) is 11.3 Å². The number of thiophene rings is 1. The molecule has 0 saturated heterocycles. The summed E-state index contributed by atoms with van der Waals surface area (Å²) >= 11 is 1.72. The molecule has 0 bridgehead atoms. The van der Waals surface area contributed by atoms with Gasteiger partial charge in [-0.05, 0) is 19.1 Å². The van der Waals surface area contributed by atoms with E-state index in [0.717, 1.165) is 10.9 Å². The Hall–Kier alpha value is -1.06. The highest BCUT2D eigenvalue weighted by atomic mass is 32.1. The molecule has 0 aliphatic carbocycles. The molecule has 0 saturated carbocycles. The fourth-order valence-electron chi connectivity index (χ4n) is 1.44. The van der Waals surface area contributed by atoms with E-state index in [0.29, 0.717) is 5.69 Å². The molecule has 13 heavy (non-hydrogen) atoms. The Morgan fingerprint density at radius 1 is 1.46 bits per heavy atom. The smallest absolute Gasteiger partial charge is 0.0702 e. The van der Waals surface area contributed by atoms with Gasteiger partial charge in [-0.2, -0.15) is 0 Å². The second-order valence-corrected chi connectivity index (χ2v) is 4.35. The fraction of sp³-hybridized carbons (Fsp3) is 0.200. The Kier molecular flexibility index (Phi) is 1.98. The van der Waals surface area contributed by atoms with Crippen LogP contribution in [0.15, 0.2) is 18.2 Å². The van der Waals surface area contributed by atoms with Crippen molar-refractivity contribution < 1.29 is 5.11 Å². The molecule has 3 N–H and O–H groups in total. The van der Waals surface area contributed by atoms with Gasteiger partial charge in [-0.1, -0.05) is 6.07 Å². The lowest BCUT2D eigenvalue weighted by atomic mass is 10.1. The van der Waals surface area contributed by atoms with Crippen molar-refractivity contribution in [3.05, 3.63) is 28.6 Å². The number of benzene rings is 1. The highest BCUT2D eigenvalue weighted by molar-refractivity contribution is 7.19. The van der Waals surface area contributed by atoms with Crippen molar-refractivity contribution in [1.29, 1.82) is 0 Å². The van der Waals surface area contributed by atoms with Crippen molar-refractivity contribution in [2.45, 2.75) is 13.5 Å². The Labute approximate surface area is 80.6 Å². The third-order valence-corrected chi connectivity index (χ3v) is 3.14. The average molecular weight is 193 g/mol. The molecule has 0 aliphatic rings. The normalized spacial score (nSPS) is 10.9. The van der Waals surface area contributed by atoms with Crippen molar-refractivity contribution in [2.24, 2.45) is 0 Å². The molecule has 1 aromatic heterocycles. The summed E-state index contributed by atoms with van der Waals surface area (Å²) in [4.78, 5) is 1.25. The maximum Gasteiger partial charge on any atom is 0.0702 e. The van der Waals surface area contributed by atoms with Gasteiger partial charge >= 0.3 is 0 Å². The van der Waals surface area contributed by atoms with E-state index >= 15 is 0 Å². The molecule has 0 spiro atoms. The first-order valence-electron chi connectivity index (χ1n) is 4.10. The number of rotatable bonds is 1. The van der Waals surface area contributed by atoms with E-state index in [1.165, 1.54) is 9.58 Å². The zero-order chi connectivity index (χ0) is 9.42. The average Bonchev–Trinajstić information content (AvgIpc) is 2.47. The number of aliphatic hydroxyl groups excluding tert-OH is 1. The van der Waals surface area contributed by atoms with Gasteiger partial charge in [0.05, 0.1) is 6.61 Å². The van der Waals surface area contributed by atoms with Crippen LogP contribution < -0.4 is 5.73 Å². The summed E-state index contributed by atoms with van der Waals surface area (Å²) in [5.74, 6) is 0. The van der Waals surface area contributed by atoms with Crippen LogP contribution in [0.3, 0.4) is 0 Å². The molecule has 0 unspecified atom stereocenters. The topological polar surface area (TPSA) is 46.2 Å². The second-order valence-electron chi connectivity index (χ2n) is 3.07. The van der Waals surface area contributed by atoms with Crippen LogP contribution in [0.5, 0.6) is 0 Å². The minimum atomic E-state index is 0.0106. The Morgan fingerprint density at radius 2 is 2.23 bits per heavy atom. The van der Waals surface area contributed by atoms with Gasteiger partial charge in [0.1, 0.15) is 0 Å². The molecule has 0 aliphatic heterocycles. The Bertz CT molecular complexity index is 447. The SMILES string of the molecule is Cc1cc2c(N)c(CO)ccc2s1. The van der Waals surface area contributed by atoms with E-state index in [9.17, 15) is 0 Å². The zero-order valence-corrected chi connectivity index (χ0v) is 8.19. The molecule has 2 aromatic rings. The van der Waals surface area contributed by atoms with Gasteiger partial charge in [0.15, 0.2) is 0 Å². The highest BCUT2D eigenvalue weighted by Gasteiger charge is 2.05. The molecule has 2 rings (SSSR count). The van der Waals surface area contributed by atoms with Crippen LogP contribution in [0, 0.1) is 6.92 Å². The number of nitrogens with two attached hydrogens (primary N) is 1. The summed E-state index contributed by atoms with van der Waals surface area (Å²) in [5.41, 5.74) is 7.41. The van der Waals surface area contributed by atoms with Crippen LogP contribution in [-0.4, -0.2) is 5.11 Å². The van der Waals surface area contributed by atoms with Crippen LogP contribution in [0.2, 0.25) is 0 Å². The number of aryl methyl sites for hydroxylation is 1. The predicted octanol–water partition coefficient (Wildman–Crippen LogP) is 2.28. The zero-order valence-electron chi connectivity index (χ0n) is 7.37.